The molecule has 2 unspecified atom stereocenters. The Morgan fingerprint density at radius 1 is 1.39 bits per heavy atom. The SMILES string of the molecule is Cc1nc2ccccn2c1CNC(C)CC(C)O. The van der Waals surface area contributed by atoms with Crippen molar-refractivity contribution in [2.24, 2.45) is 0 Å². The molecule has 0 amide bonds. The summed E-state index contributed by atoms with van der Waals surface area (Å²) in [6.07, 6.45) is 2.53. The smallest absolute Gasteiger partial charge is 0.137 e. The van der Waals surface area contributed by atoms with Crippen LogP contribution in [-0.4, -0.2) is 26.6 Å². The second-order valence-electron chi connectivity index (χ2n) is 4.94. The van der Waals surface area contributed by atoms with Gasteiger partial charge in [0.05, 0.1) is 17.5 Å². The Kier molecular flexibility index (Phi) is 3.99. The van der Waals surface area contributed by atoms with E-state index in [0.29, 0.717) is 6.04 Å². The summed E-state index contributed by atoms with van der Waals surface area (Å²) in [7, 11) is 0. The fourth-order valence-electron chi connectivity index (χ4n) is 2.24. The first-order valence-corrected chi connectivity index (χ1v) is 6.42. The first-order chi connectivity index (χ1) is 8.58. The predicted molar refractivity (Wildman–Crippen MR) is 72.5 cm³/mol. The van der Waals surface area contributed by atoms with Crippen LogP contribution in [0, 0.1) is 6.92 Å². The second kappa shape index (κ2) is 5.50. The normalized spacial score (nSPS) is 14.9. The van der Waals surface area contributed by atoms with Crippen molar-refractivity contribution < 1.29 is 5.11 Å². The van der Waals surface area contributed by atoms with E-state index in [1.807, 2.05) is 38.2 Å². The van der Waals surface area contributed by atoms with Crippen molar-refractivity contribution in [2.75, 3.05) is 0 Å². The minimum Gasteiger partial charge on any atom is -0.393 e. The van der Waals surface area contributed by atoms with Gasteiger partial charge >= 0.3 is 0 Å². The highest BCUT2D eigenvalue weighted by Gasteiger charge is 2.10. The van der Waals surface area contributed by atoms with Crippen LogP contribution in [0.1, 0.15) is 31.7 Å². The minimum atomic E-state index is -0.268. The van der Waals surface area contributed by atoms with Gasteiger partial charge < -0.3 is 14.8 Å². The van der Waals surface area contributed by atoms with E-state index in [9.17, 15) is 5.11 Å². The van der Waals surface area contributed by atoms with E-state index in [-0.39, 0.29) is 6.10 Å². The van der Waals surface area contributed by atoms with Gasteiger partial charge in [-0.25, -0.2) is 4.98 Å². The van der Waals surface area contributed by atoms with Crippen LogP contribution in [0.3, 0.4) is 0 Å². The van der Waals surface area contributed by atoms with E-state index in [1.54, 1.807) is 0 Å². The summed E-state index contributed by atoms with van der Waals surface area (Å²) in [5, 5.41) is 12.8. The third-order valence-electron chi connectivity index (χ3n) is 3.14. The lowest BCUT2D eigenvalue weighted by Crippen LogP contribution is -2.29. The molecule has 0 spiro atoms. The van der Waals surface area contributed by atoms with Gasteiger partial charge in [-0.2, -0.15) is 0 Å². The molecule has 4 heteroatoms. The molecule has 0 saturated heterocycles. The molecule has 0 aliphatic carbocycles. The van der Waals surface area contributed by atoms with Gasteiger partial charge in [-0.15, -0.1) is 0 Å². The number of hydrogen-bond acceptors (Lipinski definition) is 3. The Bertz CT molecular complexity index is 519. The van der Waals surface area contributed by atoms with Crippen molar-refractivity contribution in [3.63, 3.8) is 0 Å². The molecule has 0 aliphatic rings. The zero-order valence-corrected chi connectivity index (χ0v) is 11.2. The van der Waals surface area contributed by atoms with Crippen LogP contribution >= 0.6 is 0 Å². The highest BCUT2D eigenvalue weighted by Crippen LogP contribution is 2.11. The molecule has 0 fully saturated rings. The molecule has 2 N–H and O–H groups in total. The largest absolute Gasteiger partial charge is 0.393 e. The van der Waals surface area contributed by atoms with Crippen molar-refractivity contribution in [2.45, 2.75) is 45.9 Å². The summed E-state index contributed by atoms with van der Waals surface area (Å²) in [5.41, 5.74) is 3.22. The van der Waals surface area contributed by atoms with Crippen LogP contribution in [0.5, 0.6) is 0 Å². The molecule has 0 bridgehead atoms. The number of aromatic nitrogens is 2. The number of aryl methyl sites for hydroxylation is 1. The molecule has 2 heterocycles. The molecule has 98 valence electrons. The second-order valence-corrected chi connectivity index (χ2v) is 4.94. The summed E-state index contributed by atoms with van der Waals surface area (Å²) in [4.78, 5) is 4.53. The molecular formula is C14H21N3O. The molecule has 18 heavy (non-hydrogen) atoms. The number of nitrogens with zero attached hydrogens (tertiary/aromatic N) is 2. The standard InChI is InChI=1S/C14H21N3O/c1-10(8-11(2)18)15-9-13-12(3)16-14-6-4-5-7-17(13)14/h4-7,10-11,15,18H,8-9H2,1-3H3. The fraction of sp³-hybridized carbons (Fsp3) is 0.500. The number of hydrogen-bond donors (Lipinski definition) is 2. The van der Waals surface area contributed by atoms with Gasteiger partial charge in [0.15, 0.2) is 0 Å². The fourth-order valence-corrected chi connectivity index (χ4v) is 2.24. The summed E-state index contributed by atoms with van der Waals surface area (Å²) in [6.45, 7) is 6.71. The first kappa shape index (κ1) is 13.1. The average Bonchev–Trinajstić information content (AvgIpc) is 2.61. The van der Waals surface area contributed by atoms with Crippen molar-refractivity contribution >= 4 is 5.65 Å². The number of aliphatic hydroxyl groups is 1. The van der Waals surface area contributed by atoms with E-state index < -0.39 is 0 Å². The van der Waals surface area contributed by atoms with Crippen LogP contribution in [0.2, 0.25) is 0 Å². The van der Waals surface area contributed by atoms with Gasteiger partial charge in [0.25, 0.3) is 0 Å². The Morgan fingerprint density at radius 3 is 2.89 bits per heavy atom. The average molecular weight is 247 g/mol. The highest BCUT2D eigenvalue weighted by atomic mass is 16.3. The summed E-state index contributed by atoms with van der Waals surface area (Å²) >= 11 is 0. The lowest BCUT2D eigenvalue weighted by molar-refractivity contribution is 0.170. The van der Waals surface area contributed by atoms with Gasteiger partial charge in [0.1, 0.15) is 5.65 Å². The number of nitrogens with one attached hydrogen (secondary N) is 1. The minimum absolute atomic E-state index is 0.268. The Morgan fingerprint density at radius 2 is 2.17 bits per heavy atom. The monoisotopic (exact) mass is 247 g/mol. The molecule has 2 rings (SSSR count). The van der Waals surface area contributed by atoms with Gasteiger partial charge in [0.2, 0.25) is 0 Å². The molecule has 4 nitrogen and oxygen atoms in total. The van der Waals surface area contributed by atoms with Crippen LogP contribution in [0.15, 0.2) is 24.4 Å². The van der Waals surface area contributed by atoms with Gasteiger partial charge in [-0.05, 0) is 39.3 Å². The van der Waals surface area contributed by atoms with Crippen molar-refractivity contribution in [1.82, 2.24) is 14.7 Å². The molecule has 2 aromatic heterocycles. The van der Waals surface area contributed by atoms with E-state index >= 15 is 0 Å². The lowest BCUT2D eigenvalue weighted by atomic mass is 10.1. The van der Waals surface area contributed by atoms with Crippen LogP contribution in [-0.2, 0) is 6.54 Å². The van der Waals surface area contributed by atoms with Crippen molar-refractivity contribution in [3.05, 3.63) is 35.8 Å². The third kappa shape index (κ3) is 2.89. The van der Waals surface area contributed by atoms with Crippen LogP contribution in [0.25, 0.3) is 5.65 Å². The molecular weight excluding hydrogens is 226 g/mol. The molecule has 0 radical (unpaired) electrons. The predicted octanol–water partition coefficient (Wildman–Crippen LogP) is 1.89. The number of fused-ring (bicyclic) bond motifs is 1. The van der Waals surface area contributed by atoms with E-state index in [4.69, 9.17) is 0 Å². The van der Waals surface area contributed by atoms with Gasteiger partial charge in [-0.3, -0.25) is 0 Å². The van der Waals surface area contributed by atoms with Crippen molar-refractivity contribution in [3.8, 4) is 0 Å². The Balaban J connectivity index is 2.09. The lowest BCUT2D eigenvalue weighted by Gasteiger charge is -2.15. The molecule has 2 aromatic rings. The van der Waals surface area contributed by atoms with Crippen molar-refractivity contribution in [1.29, 1.82) is 0 Å². The van der Waals surface area contributed by atoms with E-state index in [2.05, 4.69) is 21.6 Å². The van der Waals surface area contributed by atoms with E-state index in [1.165, 1.54) is 5.69 Å². The van der Waals surface area contributed by atoms with Crippen LogP contribution < -0.4 is 5.32 Å². The maximum Gasteiger partial charge on any atom is 0.137 e. The zero-order valence-electron chi connectivity index (χ0n) is 11.2. The highest BCUT2D eigenvalue weighted by molar-refractivity contribution is 5.42. The summed E-state index contributed by atoms with van der Waals surface area (Å²) < 4.78 is 2.11. The van der Waals surface area contributed by atoms with E-state index in [0.717, 1.165) is 24.3 Å². The Labute approximate surface area is 108 Å². The third-order valence-corrected chi connectivity index (χ3v) is 3.14. The zero-order chi connectivity index (χ0) is 13.1. The summed E-state index contributed by atoms with van der Waals surface area (Å²) in [6, 6.07) is 6.31. The van der Waals surface area contributed by atoms with Gasteiger partial charge in [0, 0.05) is 18.8 Å². The molecule has 0 saturated carbocycles. The number of aliphatic hydroxyl groups excluding tert-OH is 1. The van der Waals surface area contributed by atoms with Gasteiger partial charge in [-0.1, -0.05) is 6.07 Å². The maximum absolute atomic E-state index is 9.35. The topological polar surface area (TPSA) is 49.6 Å². The molecule has 2 atom stereocenters. The number of rotatable bonds is 5. The van der Waals surface area contributed by atoms with Crippen LogP contribution in [0.4, 0.5) is 0 Å². The maximum atomic E-state index is 9.35. The molecule has 0 aliphatic heterocycles. The summed E-state index contributed by atoms with van der Waals surface area (Å²) in [5.74, 6) is 0. The Hall–Kier alpha value is -1.39. The number of imidazole rings is 1. The number of pyridine rings is 1. The first-order valence-electron chi connectivity index (χ1n) is 6.42. The quantitative estimate of drug-likeness (QED) is 0.848. The molecule has 0 aromatic carbocycles.